The minimum atomic E-state index is -0.333. The van der Waals surface area contributed by atoms with Gasteiger partial charge >= 0.3 is 0 Å². The number of piperidine rings is 1. The Morgan fingerprint density at radius 2 is 1.97 bits per heavy atom. The van der Waals surface area contributed by atoms with Crippen LogP contribution in [0, 0.1) is 12.7 Å². The summed E-state index contributed by atoms with van der Waals surface area (Å²) in [5.41, 5.74) is 3.61. The summed E-state index contributed by atoms with van der Waals surface area (Å²) in [6.07, 6.45) is 2.15. The van der Waals surface area contributed by atoms with Crippen LogP contribution in [0.2, 0.25) is 0 Å². The van der Waals surface area contributed by atoms with E-state index in [1.54, 1.807) is 13.1 Å². The van der Waals surface area contributed by atoms with Crippen molar-refractivity contribution >= 4 is 5.96 Å². The van der Waals surface area contributed by atoms with Gasteiger partial charge in [0, 0.05) is 39.3 Å². The number of benzene rings is 2. The van der Waals surface area contributed by atoms with Crippen LogP contribution in [0.25, 0.3) is 0 Å². The SMILES string of the molecule is CCOc1ccc(CNC(=NC)NC2CCN(Cc3ccccc3C)CC2)cc1F. The molecular weight excluding hydrogens is 379 g/mol. The highest BCUT2D eigenvalue weighted by molar-refractivity contribution is 5.79. The van der Waals surface area contributed by atoms with Gasteiger partial charge in [-0.1, -0.05) is 30.3 Å². The molecule has 2 aromatic rings. The molecule has 0 atom stereocenters. The largest absolute Gasteiger partial charge is 0.491 e. The van der Waals surface area contributed by atoms with Gasteiger partial charge in [0.2, 0.25) is 0 Å². The monoisotopic (exact) mass is 412 g/mol. The average Bonchev–Trinajstić information content (AvgIpc) is 2.76. The van der Waals surface area contributed by atoms with E-state index in [1.807, 2.05) is 13.0 Å². The van der Waals surface area contributed by atoms with Crippen molar-refractivity contribution in [3.63, 3.8) is 0 Å². The van der Waals surface area contributed by atoms with Crippen molar-refractivity contribution in [2.24, 2.45) is 4.99 Å². The minimum absolute atomic E-state index is 0.293. The third-order valence-corrected chi connectivity index (χ3v) is 5.56. The van der Waals surface area contributed by atoms with Crippen LogP contribution in [0.3, 0.4) is 0 Å². The molecule has 1 fully saturated rings. The number of likely N-dealkylation sites (tertiary alicyclic amines) is 1. The third kappa shape index (κ3) is 6.20. The van der Waals surface area contributed by atoms with Gasteiger partial charge in [0.15, 0.2) is 17.5 Å². The average molecular weight is 413 g/mol. The molecule has 0 spiro atoms. The Morgan fingerprint density at radius 1 is 1.20 bits per heavy atom. The zero-order valence-electron chi connectivity index (χ0n) is 18.2. The molecule has 0 aromatic heterocycles. The molecule has 1 saturated heterocycles. The fourth-order valence-corrected chi connectivity index (χ4v) is 3.76. The van der Waals surface area contributed by atoms with E-state index >= 15 is 0 Å². The molecular formula is C24H33FN4O. The van der Waals surface area contributed by atoms with Crippen LogP contribution in [-0.2, 0) is 13.1 Å². The zero-order valence-corrected chi connectivity index (χ0v) is 18.2. The van der Waals surface area contributed by atoms with Crippen molar-refractivity contribution in [3.05, 3.63) is 65.0 Å². The molecule has 2 N–H and O–H groups in total. The fraction of sp³-hybridized carbons (Fsp3) is 0.458. The van der Waals surface area contributed by atoms with Crippen molar-refractivity contribution in [2.75, 3.05) is 26.7 Å². The second-order valence-electron chi connectivity index (χ2n) is 7.74. The predicted molar refractivity (Wildman–Crippen MR) is 120 cm³/mol. The highest BCUT2D eigenvalue weighted by Gasteiger charge is 2.20. The summed E-state index contributed by atoms with van der Waals surface area (Å²) in [6.45, 7) is 8.12. The van der Waals surface area contributed by atoms with E-state index in [9.17, 15) is 4.39 Å². The Bertz CT molecular complexity index is 847. The number of halogens is 1. The summed E-state index contributed by atoms with van der Waals surface area (Å²) >= 11 is 0. The number of rotatable bonds is 7. The number of hydrogen-bond acceptors (Lipinski definition) is 3. The van der Waals surface area contributed by atoms with E-state index in [4.69, 9.17) is 4.74 Å². The highest BCUT2D eigenvalue weighted by atomic mass is 19.1. The molecule has 6 heteroatoms. The van der Waals surface area contributed by atoms with Crippen LogP contribution >= 0.6 is 0 Å². The van der Waals surface area contributed by atoms with Crippen molar-refractivity contribution in [2.45, 2.75) is 45.8 Å². The number of ether oxygens (including phenoxy) is 1. The molecule has 0 saturated carbocycles. The lowest BCUT2D eigenvalue weighted by Gasteiger charge is -2.33. The zero-order chi connectivity index (χ0) is 21.3. The van der Waals surface area contributed by atoms with Gasteiger partial charge in [-0.25, -0.2) is 4.39 Å². The highest BCUT2D eigenvalue weighted by Crippen LogP contribution is 2.18. The molecule has 0 aliphatic carbocycles. The van der Waals surface area contributed by atoms with Crippen LogP contribution in [0.4, 0.5) is 4.39 Å². The Labute approximate surface area is 179 Å². The molecule has 1 aliphatic rings. The van der Waals surface area contributed by atoms with E-state index in [-0.39, 0.29) is 5.82 Å². The van der Waals surface area contributed by atoms with Gasteiger partial charge in [-0.3, -0.25) is 9.89 Å². The van der Waals surface area contributed by atoms with Crippen molar-refractivity contribution in [1.82, 2.24) is 15.5 Å². The molecule has 0 amide bonds. The molecule has 0 bridgehead atoms. The molecule has 5 nitrogen and oxygen atoms in total. The van der Waals surface area contributed by atoms with Crippen molar-refractivity contribution < 1.29 is 9.13 Å². The fourth-order valence-electron chi connectivity index (χ4n) is 3.76. The first-order valence-electron chi connectivity index (χ1n) is 10.7. The summed E-state index contributed by atoms with van der Waals surface area (Å²) in [5, 5.41) is 6.80. The molecule has 3 rings (SSSR count). The molecule has 0 radical (unpaired) electrons. The summed E-state index contributed by atoms with van der Waals surface area (Å²) in [7, 11) is 1.77. The van der Waals surface area contributed by atoms with Crippen LogP contribution < -0.4 is 15.4 Å². The van der Waals surface area contributed by atoms with Gasteiger partial charge in [0.1, 0.15) is 0 Å². The maximum absolute atomic E-state index is 14.0. The summed E-state index contributed by atoms with van der Waals surface area (Å²) in [5.74, 6) is 0.711. The summed E-state index contributed by atoms with van der Waals surface area (Å²) < 4.78 is 19.3. The third-order valence-electron chi connectivity index (χ3n) is 5.56. The van der Waals surface area contributed by atoms with Crippen molar-refractivity contribution in [1.29, 1.82) is 0 Å². The van der Waals surface area contributed by atoms with E-state index < -0.39 is 0 Å². The normalized spacial score (nSPS) is 15.8. The van der Waals surface area contributed by atoms with E-state index in [0.717, 1.165) is 44.0 Å². The molecule has 162 valence electrons. The maximum atomic E-state index is 14.0. The van der Waals surface area contributed by atoms with Gasteiger partial charge < -0.3 is 15.4 Å². The van der Waals surface area contributed by atoms with Gasteiger partial charge in [-0.15, -0.1) is 0 Å². The van der Waals surface area contributed by atoms with Gasteiger partial charge in [-0.2, -0.15) is 0 Å². The number of aliphatic imine (C=N–C) groups is 1. The number of nitrogens with zero attached hydrogens (tertiary/aromatic N) is 2. The first-order chi connectivity index (χ1) is 14.6. The molecule has 2 aromatic carbocycles. The molecule has 1 heterocycles. The molecule has 30 heavy (non-hydrogen) atoms. The summed E-state index contributed by atoms with van der Waals surface area (Å²) in [6, 6.07) is 14.0. The van der Waals surface area contributed by atoms with E-state index in [0.29, 0.717) is 24.9 Å². The van der Waals surface area contributed by atoms with E-state index in [1.165, 1.54) is 17.2 Å². The molecule has 0 unspecified atom stereocenters. The lowest BCUT2D eigenvalue weighted by molar-refractivity contribution is 0.198. The smallest absolute Gasteiger partial charge is 0.191 e. The molecule has 1 aliphatic heterocycles. The quantitative estimate of drug-likeness (QED) is 0.536. The first-order valence-corrected chi connectivity index (χ1v) is 10.7. The van der Waals surface area contributed by atoms with E-state index in [2.05, 4.69) is 51.7 Å². The Hall–Kier alpha value is -2.60. The lowest BCUT2D eigenvalue weighted by atomic mass is 10.0. The number of hydrogen-bond donors (Lipinski definition) is 2. The Balaban J connectivity index is 1.44. The standard InChI is InChI=1S/C24H33FN4O/c1-4-30-23-10-9-19(15-22(23)25)16-27-24(26-3)28-21-11-13-29(14-12-21)17-20-8-6-5-7-18(20)2/h5-10,15,21H,4,11-14,16-17H2,1-3H3,(H2,26,27,28). The van der Waals surface area contributed by atoms with Crippen LogP contribution in [0.1, 0.15) is 36.5 Å². The van der Waals surface area contributed by atoms with Crippen molar-refractivity contribution in [3.8, 4) is 5.75 Å². The second kappa shape index (κ2) is 11.0. The van der Waals surface area contributed by atoms with Gasteiger partial charge in [0.25, 0.3) is 0 Å². The Morgan fingerprint density at radius 3 is 2.63 bits per heavy atom. The predicted octanol–water partition coefficient (Wildman–Crippen LogP) is 3.86. The maximum Gasteiger partial charge on any atom is 0.191 e. The summed E-state index contributed by atoms with van der Waals surface area (Å²) in [4.78, 5) is 6.84. The Kier molecular flexibility index (Phi) is 8.08. The first kappa shape index (κ1) is 22.1. The number of aryl methyl sites for hydroxylation is 1. The van der Waals surface area contributed by atoms with Gasteiger partial charge in [0.05, 0.1) is 6.61 Å². The second-order valence-corrected chi connectivity index (χ2v) is 7.74. The lowest BCUT2D eigenvalue weighted by Crippen LogP contribution is -2.48. The van der Waals surface area contributed by atoms with Crippen LogP contribution in [-0.4, -0.2) is 43.6 Å². The van der Waals surface area contributed by atoms with Crippen LogP contribution in [0.15, 0.2) is 47.5 Å². The van der Waals surface area contributed by atoms with Crippen LogP contribution in [0.5, 0.6) is 5.75 Å². The topological polar surface area (TPSA) is 48.9 Å². The number of guanidine groups is 1. The number of nitrogens with one attached hydrogen (secondary N) is 2. The minimum Gasteiger partial charge on any atom is -0.491 e. The van der Waals surface area contributed by atoms with Gasteiger partial charge in [-0.05, 0) is 55.5 Å².